The smallest absolute Gasteiger partial charge is 0.342 e. The van der Waals surface area contributed by atoms with Crippen molar-refractivity contribution in [3.05, 3.63) is 23.8 Å². The highest BCUT2D eigenvalue weighted by atomic mass is 16.6. The van der Waals surface area contributed by atoms with Gasteiger partial charge in [-0.25, -0.2) is 4.79 Å². The Labute approximate surface area is 155 Å². The fourth-order valence-electron chi connectivity index (χ4n) is 2.11. The van der Waals surface area contributed by atoms with E-state index in [0.29, 0.717) is 50.1 Å². The van der Waals surface area contributed by atoms with Gasteiger partial charge in [0.25, 0.3) is 0 Å². The monoisotopic (exact) mass is 370 g/mol. The Bertz CT molecular complexity index is 505. The third-order valence-electron chi connectivity index (χ3n) is 3.47. The number of benzene rings is 1. The lowest BCUT2D eigenvalue weighted by Gasteiger charge is -2.12. The molecule has 148 valence electrons. The van der Waals surface area contributed by atoms with Crippen molar-refractivity contribution in [1.29, 1.82) is 0 Å². The first-order valence-corrected chi connectivity index (χ1v) is 8.85. The fourth-order valence-corrected chi connectivity index (χ4v) is 2.11. The van der Waals surface area contributed by atoms with Crippen LogP contribution in [0, 0.1) is 0 Å². The van der Waals surface area contributed by atoms with E-state index in [1.54, 1.807) is 18.2 Å². The summed E-state index contributed by atoms with van der Waals surface area (Å²) >= 11 is 0. The average molecular weight is 370 g/mol. The predicted octanol–water partition coefficient (Wildman–Crippen LogP) is 2.71. The number of carbonyl (C=O) groups excluding carboxylic acids is 1. The molecular formula is C19H30O7. The van der Waals surface area contributed by atoms with E-state index in [2.05, 4.69) is 6.92 Å². The lowest BCUT2D eigenvalue weighted by atomic mass is 10.2. The standard InChI is InChI=1S/C19H30O7/c1-4-5-9-23-10-11-24-12-13-25-14-15-26-19(20)16-7-6-8-17(21-2)18(16)22-3/h6-8H,4-5,9-15H2,1-3H3. The Morgan fingerprint density at radius 3 is 2.04 bits per heavy atom. The van der Waals surface area contributed by atoms with Crippen LogP contribution >= 0.6 is 0 Å². The van der Waals surface area contributed by atoms with Gasteiger partial charge in [0.2, 0.25) is 0 Å². The number of carbonyl (C=O) groups is 1. The summed E-state index contributed by atoms with van der Waals surface area (Å²) in [7, 11) is 2.99. The van der Waals surface area contributed by atoms with Crippen molar-refractivity contribution >= 4 is 5.97 Å². The minimum atomic E-state index is -0.482. The van der Waals surface area contributed by atoms with Crippen LogP contribution in [0.15, 0.2) is 18.2 Å². The summed E-state index contributed by atoms with van der Waals surface area (Å²) in [5, 5.41) is 0. The van der Waals surface area contributed by atoms with E-state index in [4.69, 9.17) is 28.4 Å². The second kappa shape index (κ2) is 14.4. The van der Waals surface area contributed by atoms with Gasteiger partial charge in [-0.3, -0.25) is 0 Å². The summed E-state index contributed by atoms with van der Waals surface area (Å²) in [6.07, 6.45) is 2.20. The Balaban J connectivity index is 2.11. The molecule has 7 nitrogen and oxygen atoms in total. The van der Waals surface area contributed by atoms with E-state index in [-0.39, 0.29) is 6.61 Å². The second-order valence-corrected chi connectivity index (χ2v) is 5.37. The van der Waals surface area contributed by atoms with Crippen molar-refractivity contribution in [2.75, 3.05) is 60.5 Å². The molecule has 0 aliphatic carbocycles. The van der Waals surface area contributed by atoms with Crippen molar-refractivity contribution in [1.82, 2.24) is 0 Å². The predicted molar refractivity (Wildman–Crippen MR) is 97.2 cm³/mol. The Morgan fingerprint density at radius 1 is 0.846 bits per heavy atom. The molecule has 0 N–H and O–H groups in total. The summed E-state index contributed by atoms with van der Waals surface area (Å²) < 4.78 is 31.7. The molecule has 0 bridgehead atoms. The Hall–Kier alpha value is -1.83. The van der Waals surface area contributed by atoms with Gasteiger partial charge in [0, 0.05) is 6.61 Å². The average Bonchev–Trinajstić information content (AvgIpc) is 2.67. The van der Waals surface area contributed by atoms with Crippen LogP contribution in [0.3, 0.4) is 0 Å². The lowest BCUT2D eigenvalue weighted by Crippen LogP contribution is -2.14. The number of ether oxygens (including phenoxy) is 6. The number of para-hydroxylation sites is 1. The van der Waals surface area contributed by atoms with Gasteiger partial charge in [0.15, 0.2) is 11.5 Å². The van der Waals surface area contributed by atoms with Crippen molar-refractivity contribution in [2.45, 2.75) is 19.8 Å². The maximum Gasteiger partial charge on any atom is 0.342 e. The molecular weight excluding hydrogens is 340 g/mol. The normalized spacial score (nSPS) is 10.6. The maximum atomic E-state index is 12.1. The van der Waals surface area contributed by atoms with E-state index >= 15 is 0 Å². The molecule has 0 amide bonds. The van der Waals surface area contributed by atoms with Crippen LogP contribution in [0.25, 0.3) is 0 Å². The van der Waals surface area contributed by atoms with Crippen LogP contribution in [-0.2, 0) is 18.9 Å². The first-order chi connectivity index (χ1) is 12.7. The van der Waals surface area contributed by atoms with E-state index in [1.165, 1.54) is 14.2 Å². The van der Waals surface area contributed by atoms with E-state index in [9.17, 15) is 4.79 Å². The van der Waals surface area contributed by atoms with E-state index in [1.807, 2.05) is 0 Å². The zero-order chi connectivity index (χ0) is 19.0. The Morgan fingerprint density at radius 2 is 1.46 bits per heavy atom. The number of esters is 1. The third-order valence-corrected chi connectivity index (χ3v) is 3.47. The minimum Gasteiger partial charge on any atom is -0.493 e. The van der Waals surface area contributed by atoms with Crippen LogP contribution in [-0.4, -0.2) is 66.4 Å². The lowest BCUT2D eigenvalue weighted by molar-refractivity contribution is 0.000205. The summed E-state index contributed by atoms with van der Waals surface area (Å²) in [6, 6.07) is 5.05. The van der Waals surface area contributed by atoms with Crippen LogP contribution in [0.5, 0.6) is 11.5 Å². The number of methoxy groups -OCH3 is 2. The second-order valence-electron chi connectivity index (χ2n) is 5.37. The van der Waals surface area contributed by atoms with Gasteiger partial charge in [-0.1, -0.05) is 19.4 Å². The molecule has 0 saturated heterocycles. The maximum absolute atomic E-state index is 12.1. The van der Waals surface area contributed by atoms with Gasteiger partial charge >= 0.3 is 5.97 Å². The van der Waals surface area contributed by atoms with Crippen molar-refractivity contribution < 1.29 is 33.2 Å². The Kier molecular flexibility index (Phi) is 12.3. The number of rotatable bonds is 15. The summed E-state index contributed by atoms with van der Waals surface area (Å²) in [5.41, 5.74) is 0.318. The zero-order valence-electron chi connectivity index (χ0n) is 16.0. The fraction of sp³-hybridized carbons (Fsp3) is 0.632. The molecule has 0 saturated carbocycles. The molecule has 1 aromatic rings. The number of unbranched alkanes of at least 4 members (excludes halogenated alkanes) is 1. The third kappa shape index (κ3) is 8.51. The summed E-state index contributed by atoms with van der Waals surface area (Å²) in [4.78, 5) is 12.1. The van der Waals surface area contributed by atoms with Gasteiger partial charge in [-0.05, 0) is 18.6 Å². The topological polar surface area (TPSA) is 72.5 Å². The van der Waals surface area contributed by atoms with E-state index in [0.717, 1.165) is 19.4 Å². The molecule has 0 fully saturated rings. The van der Waals surface area contributed by atoms with Crippen molar-refractivity contribution in [3.8, 4) is 11.5 Å². The first-order valence-electron chi connectivity index (χ1n) is 8.85. The molecule has 1 rings (SSSR count). The highest BCUT2D eigenvalue weighted by Crippen LogP contribution is 2.30. The van der Waals surface area contributed by atoms with Crippen LogP contribution in [0.4, 0.5) is 0 Å². The molecule has 1 aromatic carbocycles. The highest BCUT2D eigenvalue weighted by molar-refractivity contribution is 5.93. The molecule has 0 spiro atoms. The molecule has 0 unspecified atom stereocenters. The van der Waals surface area contributed by atoms with Gasteiger partial charge in [0.1, 0.15) is 12.2 Å². The first kappa shape index (κ1) is 22.2. The number of hydrogen-bond donors (Lipinski definition) is 0. The van der Waals surface area contributed by atoms with Crippen molar-refractivity contribution in [3.63, 3.8) is 0 Å². The summed E-state index contributed by atoms with van der Waals surface area (Å²) in [6.45, 7) is 5.43. The zero-order valence-corrected chi connectivity index (χ0v) is 16.0. The number of hydrogen-bond acceptors (Lipinski definition) is 7. The minimum absolute atomic E-state index is 0.152. The van der Waals surface area contributed by atoms with Crippen molar-refractivity contribution in [2.24, 2.45) is 0 Å². The van der Waals surface area contributed by atoms with Gasteiger partial charge in [-0.15, -0.1) is 0 Å². The molecule has 0 radical (unpaired) electrons. The highest BCUT2D eigenvalue weighted by Gasteiger charge is 2.17. The van der Waals surface area contributed by atoms with Crippen LogP contribution < -0.4 is 9.47 Å². The van der Waals surface area contributed by atoms with Crippen LogP contribution in [0.2, 0.25) is 0 Å². The molecule has 0 aromatic heterocycles. The quantitative estimate of drug-likeness (QED) is 0.347. The molecule has 0 atom stereocenters. The van der Waals surface area contributed by atoms with Gasteiger partial charge in [-0.2, -0.15) is 0 Å². The molecule has 26 heavy (non-hydrogen) atoms. The van der Waals surface area contributed by atoms with Gasteiger partial charge < -0.3 is 28.4 Å². The summed E-state index contributed by atoms with van der Waals surface area (Å²) in [5.74, 6) is 0.356. The molecule has 0 aliphatic rings. The van der Waals surface area contributed by atoms with E-state index < -0.39 is 5.97 Å². The van der Waals surface area contributed by atoms with Crippen LogP contribution in [0.1, 0.15) is 30.1 Å². The largest absolute Gasteiger partial charge is 0.493 e. The molecule has 0 heterocycles. The molecule has 7 heteroatoms. The molecule has 0 aliphatic heterocycles. The SMILES string of the molecule is CCCCOCCOCCOCCOC(=O)c1cccc(OC)c1OC. The van der Waals surface area contributed by atoms with Gasteiger partial charge in [0.05, 0.1) is 47.3 Å².